The minimum Gasteiger partial charge on any atom is -0.421 e. The van der Waals surface area contributed by atoms with Crippen molar-refractivity contribution in [3.05, 3.63) is 11.6 Å². The number of rotatable bonds is 1. The maximum atomic E-state index is 8.61. The first kappa shape index (κ1) is 8.99. The van der Waals surface area contributed by atoms with Crippen molar-refractivity contribution in [1.82, 2.24) is 4.98 Å². The van der Waals surface area contributed by atoms with E-state index in [4.69, 9.17) is 24.9 Å². The number of nitriles is 1. The molecule has 1 aromatic rings. The maximum Gasteiger partial charge on any atom is 0.229 e. The second-order valence-electron chi connectivity index (χ2n) is 2.81. The Morgan fingerprint density at radius 1 is 1.50 bits per heavy atom. The zero-order valence-electron chi connectivity index (χ0n) is 7.40. The van der Waals surface area contributed by atoms with Crippen LogP contribution in [0.5, 0.6) is 0 Å². The molecule has 1 atom stereocenters. The van der Waals surface area contributed by atoms with Crippen LogP contribution in [0.4, 0.5) is 5.88 Å². The summed E-state index contributed by atoms with van der Waals surface area (Å²) in [5.74, 6) is 0.329. The Hall–Kier alpha value is -1.58. The molecule has 0 amide bonds. The van der Waals surface area contributed by atoms with Crippen LogP contribution in [0.2, 0.25) is 0 Å². The number of anilines is 1. The summed E-state index contributed by atoms with van der Waals surface area (Å²) in [5.41, 5.74) is 5.50. The molecular formula is C8H9N3O3. The van der Waals surface area contributed by atoms with E-state index in [2.05, 4.69) is 4.98 Å². The van der Waals surface area contributed by atoms with Gasteiger partial charge in [-0.3, -0.25) is 0 Å². The average Bonchev–Trinajstić information content (AvgIpc) is 2.61. The fourth-order valence-corrected chi connectivity index (χ4v) is 1.20. The van der Waals surface area contributed by atoms with Gasteiger partial charge in [-0.25, -0.2) is 0 Å². The van der Waals surface area contributed by atoms with E-state index in [-0.39, 0.29) is 17.7 Å². The molecular weight excluding hydrogens is 186 g/mol. The number of ether oxygens (including phenoxy) is 2. The number of nitrogens with two attached hydrogens (primary N) is 1. The lowest BCUT2D eigenvalue weighted by atomic mass is 10.3. The molecule has 2 heterocycles. The predicted molar refractivity (Wildman–Crippen MR) is 45.1 cm³/mol. The molecule has 1 unspecified atom stereocenters. The molecule has 6 heteroatoms. The fraction of sp³-hybridized carbons (Fsp3) is 0.500. The van der Waals surface area contributed by atoms with Crippen molar-refractivity contribution in [3.8, 4) is 6.07 Å². The molecule has 0 radical (unpaired) electrons. The first-order valence-corrected chi connectivity index (χ1v) is 4.17. The van der Waals surface area contributed by atoms with Gasteiger partial charge in [-0.15, -0.1) is 0 Å². The third kappa shape index (κ3) is 1.55. The van der Waals surface area contributed by atoms with E-state index in [1.54, 1.807) is 0 Å². The van der Waals surface area contributed by atoms with Crippen LogP contribution >= 0.6 is 0 Å². The summed E-state index contributed by atoms with van der Waals surface area (Å²) in [5, 5.41) is 8.61. The number of oxazole rings is 1. The van der Waals surface area contributed by atoms with Crippen LogP contribution in [0.15, 0.2) is 4.42 Å². The zero-order chi connectivity index (χ0) is 9.97. The van der Waals surface area contributed by atoms with E-state index in [0.29, 0.717) is 25.7 Å². The monoisotopic (exact) mass is 195 g/mol. The Morgan fingerprint density at radius 3 is 2.93 bits per heavy atom. The van der Waals surface area contributed by atoms with Gasteiger partial charge in [0.05, 0.1) is 19.8 Å². The van der Waals surface area contributed by atoms with Crippen molar-refractivity contribution < 1.29 is 13.9 Å². The van der Waals surface area contributed by atoms with Crippen molar-refractivity contribution >= 4 is 5.88 Å². The topological polar surface area (TPSA) is 94.3 Å². The molecule has 2 rings (SSSR count). The van der Waals surface area contributed by atoms with Gasteiger partial charge in [0.15, 0.2) is 6.10 Å². The van der Waals surface area contributed by atoms with Crippen molar-refractivity contribution in [2.45, 2.75) is 6.10 Å². The molecule has 1 aliphatic heterocycles. The average molecular weight is 195 g/mol. The Kier molecular flexibility index (Phi) is 2.35. The van der Waals surface area contributed by atoms with E-state index in [1.165, 1.54) is 0 Å². The maximum absolute atomic E-state index is 8.61. The van der Waals surface area contributed by atoms with Gasteiger partial charge in [0.25, 0.3) is 0 Å². The Labute approximate surface area is 80.2 Å². The predicted octanol–water partition coefficient (Wildman–Crippen LogP) is 0.216. The molecule has 74 valence electrons. The van der Waals surface area contributed by atoms with Crippen LogP contribution in [0.1, 0.15) is 17.7 Å². The van der Waals surface area contributed by atoms with Gasteiger partial charge in [0.2, 0.25) is 17.5 Å². The number of nitrogen functional groups attached to an aromatic ring is 1. The molecule has 14 heavy (non-hydrogen) atoms. The van der Waals surface area contributed by atoms with Crippen LogP contribution in [0.25, 0.3) is 0 Å². The smallest absolute Gasteiger partial charge is 0.229 e. The standard InChI is InChI=1S/C8H9N3O3/c9-3-5-7(10)14-8(11-5)6-4-12-1-2-13-6/h6H,1-2,4,10H2. The molecule has 0 bridgehead atoms. The Bertz CT molecular complexity index is 362. The van der Waals surface area contributed by atoms with Crippen LogP contribution in [0, 0.1) is 11.3 Å². The van der Waals surface area contributed by atoms with E-state index in [1.807, 2.05) is 6.07 Å². The van der Waals surface area contributed by atoms with Gasteiger partial charge in [-0.1, -0.05) is 0 Å². The molecule has 0 spiro atoms. The van der Waals surface area contributed by atoms with Crippen LogP contribution in [-0.2, 0) is 9.47 Å². The summed E-state index contributed by atoms with van der Waals surface area (Å²) < 4.78 is 15.6. The largest absolute Gasteiger partial charge is 0.421 e. The molecule has 0 aromatic carbocycles. The highest BCUT2D eigenvalue weighted by Gasteiger charge is 2.23. The molecule has 0 saturated carbocycles. The van der Waals surface area contributed by atoms with Gasteiger partial charge in [-0.05, 0) is 0 Å². The quantitative estimate of drug-likeness (QED) is 0.688. The first-order valence-electron chi connectivity index (χ1n) is 4.17. The first-order chi connectivity index (χ1) is 6.81. The van der Waals surface area contributed by atoms with E-state index in [0.717, 1.165) is 0 Å². The summed E-state index contributed by atoms with van der Waals surface area (Å²) in [6, 6.07) is 1.83. The third-order valence-corrected chi connectivity index (χ3v) is 1.87. The van der Waals surface area contributed by atoms with Gasteiger partial charge < -0.3 is 19.6 Å². The normalized spacial score (nSPS) is 21.8. The van der Waals surface area contributed by atoms with Crippen LogP contribution in [-0.4, -0.2) is 24.8 Å². The second kappa shape index (κ2) is 3.65. The molecule has 0 aliphatic carbocycles. The van der Waals surface area contributed by atoms with Crippen LogP contribution < -0.4 is 5.73 Å². The highest BCUT2D eigenvalue weighted by atomic mass is 16.6. The second-order valence-corrected chi connectivity index (χ2v) is 2.81. The van der Waals surface area contributed by atoms with Gasteiger partial charge in [0, 0.05) is 0 Å². The van der Waals surface area contributed by atoms with Crippen molar-refractivity contribution in [2.24, 2.45) is 0 Å². The van der Waals surface area contributed by atoms with Crippen molar-refractivity contribution in [2.75, 3.05) is 25.6 Å². The van der Waals surface area contributed by atoms with Gasteiger partial charge in [-0.2, -0.15) is 10.2 Å². The van der Waals surface area contributed by atoms with Crippen LogP contribution in [0.3, 0.4) is 0 Å². The summed E-state index contributed by atoms with van der Waals surface area (Å²) in [4.78, 5) is 3.89. The van der Waals surface area contributed by atoms with E-state index in [9.17, 15) is 0 Å². The summed E-state index contributed by atoms with van der Waals surface area (Å²) in [7, 11) is 0. The fourth-order valence-electron chi connectivity index (χ4n) is 1.20. The molecule has 1 saturated heterocycles. The molecule has 2 N–H and O–H groups in total. The summed E-state index contributed by atoms with van der Waals surface area (Å²) >= 11 is 0. The summed E-state index contributed by atoms with van der Waals surface area (Å²) in [6.45, 7) is 1.44. The van der Waals surface area contributed by atoms with E-state index < -0.39 is 0 Å². The zero-order valence-corrected chi connectivity index (χ0v) is 7.40. The molecule has 6 nitrogen and oxygen atoms in total. The number of hydrogen-bond acceptors (Lipinski definition) is 6. The molecule has 1 aromatic heterocycles. The molecule has 1 fully saturated rings. The SMILES string of the molecule is N#Cc1nc(C2COCCO2)oc1N. The lowest BCUT2D eigenvalue weighted by molar-refractivity contribution is -0.0993. The lowest BCUT2D eigenvalue weighted by Gasteiger charge is -2.19. The van der Waals surface area contributed by atoms with Gasteiger partial charge >= 0.3 is 0 Å². The lowest BCUT2D eigenvalue weighted by Crippen LogP contribution is -2.22. The van der Waals surface area contributed by atoms with Crippen molar-refractivity contribution in [3.63, 3.8) is 0 Å². The minimum atomic E-state index is -0.354. The minimum absolute atomic E-state index is 0.0247. The Balaban J connectivity index is 2.19. The third-order valence-electron chi connectivity index (χ3n) is 1.87. The highest BCUT2D eigenvalue weighted by Crippen LogP contribution is 2.23. The highest BCUT2D eigenvalue weighted by molar-refractivity contribution is 5.40. The van der Waals surface area contributed by atoms with E-state index >= 15 is 0 Å². The Morgan fingerprint density at radius 2 is 2.36 bits per heavy atom. The summed E-state index contributed by atoms with van der Waals surface area (Å²) in [6.07, 6.45) is -0.354. The number of nitrogens with zero attached hydrogens (tertiary/aromatic N) is 2. The van der Waals surface area contributed by atoms with Crippen molar-refractivity contribution in [1.29, 1.82) is 5.26 Å². The number of aromatic nitrogens is 1. The van der Waals surface area contributed by atoms with Gasteiger partial charge in [0.1, 0.15) is 6.07 Å². The molecule has 1 aliphatic rings. The number of hydrogen-bond donors (Lipinski definition) is 1.